The first-order valence-corrected chi connectivity index (χ1v) is 11.1. The fourth-order valence-electron chi connectivity index (χ4n) is 3.31. The highest BCUT2D eigenvalue weighted by molar-refractivity contribution is 5.55. The van der Waals surface area contributed by atoms with Gasteiger partial charge in [0.15, 0.2) is 0 Å². The molecule has 0 aliphatic heterocycles. The third-order valence-electron chi connectivity index (χ3n) is 5.09. The molecule has 0 aliphatic carbocycles. The Bertz CT molecular complexity index is 475. The van der Waals surface area contributed by atoms with Crippen molar-refractivity contribution in [2.24, 2.45) is 10.6 Å². The van der Waals surface area contributed by atoms with Crippen LogP contribution >= 0.6 is 0 Å². The monoisotopic (exact) mass is 390 g/mol. The molecule has 0 aliphatic rings. The molecule has 0 radical (unpaired) electrons. The smallest absolute Gasteiger partial charge is 0.0627 e. The van der Waals surface area contributed by atoms with Crippen molar-refractivity contribution < 1.29 is 0 Å². The second-order valence-corrected chi connectivity index (χ2v) is 7.46. The van der Waals surface area contributed by atoms with Gasteiger partial charge in [0.2, 0.25) is 0 Å². The van der Waals surface area contributed by atoms with Crippen molar-refractivity contribution in [3.63, 3.8) is 0 Å². The number of unbranched alkanes of at least 4 members (excludes halogenated alkanes) is 10. The molecular weight excluding hydrogens is 352 g/mol. The first-order chi connectivity index (χ1) is 13.8. The van der Waals surface area contributed by atoms with Crippen molar-refractivity contribution in [1.82, 2.24) is 0 Å². The van der Waals surface area contributed by atoms with E-state index in [9.17, 15) is 9.81 Å². The second kappa shape index (κ2) is 16.0. The van der Waals surface area contributed by atoms with Crippen molar-refractivity contribution in [2.75, 3.05) is 23.1 Å². The summed E-state index contributed by atoms with van der Waals surface area (Å²) >= 11 is 0. The lowest BCUT2D eigenvalue weighted by Crippen LogP contribution is -2.18. The minimum atomic E-state index is 0.627. The molecule has 6 nitrogen and oxygen atoms in total. The molecule has 158 valence electrons. The molecule has 0 aromatic heterocycles. The van der Waals surface area contributed by atoms with Crippen LogP contribution in [0, 0.1) is 9.81 Å². The number of anilines is 2. The summed E-state index contributed by atoms with van der Waals surface area (Å²) in [6.07, 6.45) is 14.1. The van der Waals surface area contributed by atoms with Crippen molar-refractivity contribution in [3.05, 3.63) is 34.1 Å². The van der Waals surface area contributed by atoms with E-state index >= 15 is 0 Å². The van der Waals surface area contributed by atoms with E-state index in [4.69, 9.17) is 0 Å². The fraction of sp³-hybridized carbons (Fsp3) is 0.727. The Morgan fingerprint density at radius 2 is 0.893 bits per heavy atom. The Labute approximate surface area is 170 Å². The molecule has 0 heterocycles. The van der Waals surface area contributed by atoms with Gasteiger partial charge in [-0.1, -0.05) is 78.1 Å². The van der Waals surface area contributed by atoms with Gasteiger partial charge in [0.05, 0.1) is 21.9 Å². The first-order valence-electron chi connectivity index (χ1n) is 11.1. The first kappa shape index (κ1) is 24.1. The molecule has 1 aromatic rings. The summed E-state index contributed by atoms with van der Waals surface area (Å²) < 4.78 is 0. The summed E-state index contributed by atoms with van der Waals surface area (Å²) in [6.45, 7) is 5.66. The molecule has 1 aromatic carbocycles. The molecule has 28 heavy (non-hydrogen) atoms. The Morgan fingerprint density at radius 1 is 0.571 bits per heavy atom. The Balaban J connectivity index is 2.43. The molecule has 0 bridgehead atoms. The Kier molecular flexibility index (Phi) is 13.8. The highest BCUT2D eigenvalue weighted by atomic mass is 16.3. The highest BCUT2D eigenvalue weighted by Crippen LogP contribution is 2.22. The van der Waals surface area contributed by atoms with E-state index in [2.05, 4.69) is 24.4 Å². The molecule has 0 atom stereocenters. The number of nitrogens with zero attached hydrogens (tertiary/aromatic N) is 4. The number of rotatable bonds is 18. The van der Waals surface area contributed by atoms with Crippen LogP contribution < -0.4 is 10.0 Å². The van der Waals surface area contributed by atoms with E-state index in [1.807, 2.05) is 24.3 Å². The molecule has 0 saturated heterocycles. The molecule has 0 N–H and O–H groups in total. The van der Waals surface area contributed by atoms with Crippen LogP contribution in [-0.4, -0.2) is 13.1 Å². The van der Waals surface area contributed by atoms with Gasteiger partial charge in [-0.15, -0.1) is 9.81 Å². The predicted octanol–water partition coefficient (Wildman–Crippen LogP) is 7.38. The Hall–Kier alpha value is -1.98. The average molecular weight is 391 g/mol. The van der Waals surface area contributed by atoms with E-state index < -0.39 is 0 Å². The molecule has 6 heteroatoms. The largest absolute Gasteiger partial charge is 0.229 e. The van der Waals surface area contributed by atoms with Crippen molar-refractivity contribution in [2.45, 2.75) is 90.9 Å². The van der Waals surface area contributed by atoms with E-state index in [-0.39, 0.29) is 0 Å². The zero-order chi connectivity index (χ0) is 20.5. The van der Waals surface area contributed by atoms with Gasteiger partial charge in [-0.2, -0.15) is 0 Å². The Morgan fingerprint density at radius 3 is 1.21 bits per heavy atom. The maximum Gasteiger partial charge on any atom is 0.0627 e. The molecular formula is C22H38N4O2. The molecule has 0 amide bonds. The second-order valence-electron chi connectivity index (χ2n) is 7.46. The number of nitroso groups, excluding NO2 is 2. The average Bonchev–Trinajstić information content (AvgIpc) is 2.73. The zero-order valence-corrected chi connectivity index (χ0v) is 17.8. The minimum Gasteiger partial charge on any atom is -0.229 e. The maximum absolute atomic E-state index is 11.2. The van der Waals surface area contributed by atoms with Gasteiger partial charge in [0.1, 0.15) is 0 Å². The predicted molar refractivity (Wildman–Crippen MR) is 119 cm³/mol. The lowest BCUT2D eigenvalue weighted by atomic mass is 10.1. The summed E-state index contributed by atoms with van der Waals surface area (Å²) in [4.78, 5) is 22.4. The van der Waals surface area contributed by atoms with Crippen LogP contribution in [0.3, 0.4) is 0 Å². The maximum atomic E-state index is 11.2. The molecule has 1 rings (SSSR count). The van der Waals surface area contributed by atoms with Crippen LogP contribution in [0.5, 0.6) is 0 Å². The van der Waals surface area contributed by atoms with Crippen LogP contribution in [0.25, 0.3) is 0 Å². The van der Waals surface area contributed by atoms with E-state index in [1.54, 1.807) is 0 Å². The van der Waals surface area contributed by atoms with Gasteiger partial charge in [-0.05, 0) is 37.1 Å². The molecule has 0 saturated carbocycles. The SMILES string of the molecule is CCCCCCCCN(N=O)c1ccc(N(CCCCCCCC)N=O)cc1. The van der Waals surface area contributed by atoms with Gasteiger partial charge < -0.3 is 0 Å². The van der Waals surface area contributed by atoms with Crippen molar-refractivity contribution in [3.8, 4) is 0 Å². The summed E-state index contributed by atoms with van der Waals surface area (Å²) in [7, 11) is 0. The summed E-state index contributed by atoms with van der Waals surface area (Å²) in [5.74, 6) is 0. The third kappa shape index (κ3) is 9.81. The normalized spacial score (nSPS) is 10.6. The quantitative estimate of drug-likeness (QED) is 0.149. The fourth-order valence-corrected chi connectivity index (χ4v) is 3.31. The number of benzene rings is 1. The van der Waals surface area contributed by atoms with Crippen LogP contribution in [0.2, 0.25) is 0 Å². The summed E-state index contributed by atoms with van der Waals surface area (Å²) in [5, 5.41) is 9.31. The molecule has 0 fully saturated rings. The van der Waals surface area contributed by atoms with Gasteiger partial charge >= 0.3 is 0 Å². The van der Waals surface area contributed by atoms with Crippen LogP contribution in [-0.2, 0) is 0 Å². The summed E-state index contributed by atoms with van der Waals surface area (Å²) in [6, 6.07) is 7.36. The van der Waals surface area contributed by atoms with Gasteiger partial charge in [-0.3, -0.25) is 0 Å². The van der Waals surface area contributed by atoms with Crippen LogP contribution in [0.4, 0.5) is 11.4 Å². The summed E-state index contributed by atoms with van der Waals surface area (Å²) in [5.41, 5.74) is 1.52. The minimum absolute atomic E-state index is 0.627. The van der Waals surface area contributed by atoms with Crippen LogP contribution in [0.1, 0.15) is 90.9 Å². The van der Waals surface area contributed by atoms with Crippen molar-refractivity contribution >= 4 is 11.4 Å². The van der Waals surface area contributed by atoms with E-state index in [0.29, 0.717) is 13.1 Å². The number of hydrogen-bond donors (Lipinski definition) is 0. The van der Waals surface area contributed by atoms with Gasteiger partial charge in [-0.25, -0.2) is 10.0 Å². The highest BCUT2D eigenvalue weighted by Gasteiger charge is 2.10. The van der Waals surface area contributed by atoms with Crippen molar-refractivity contribution in [1.29, 1.82) is 0 Å². The topological polar surface area (TPSA) is 65.3 Å². The van der Waals surface area contributed by atoms with Crippen LogP contribution in [0.15, 0.2) is 34.8 Å². The van der Waals surface area contributed by atoms with E-state index in [0.717, 1.165) is 37.1 Å². The van der Waals surface area contributed by atoms with E-state index in [1.165, 1.54) is 61.4 Å². The molecule has 0 spiro atoms. The van der Waals surface area contributed by atoms with Gasteiger partial charge in [0, 0.05) is 13.1 Å². The lowest BCUT2D eigenvalue weighted by Gasteiger charge is -2.18. The standard InChI is InChI=1S/C22H38N4O2/c1-3-5-7-9-11-13-19-25(23-27)21-15-17-22(18-16-21)26(24-28)20-14-12-10-8-6-4-2/h15-18H,3-14,19-20H2,1-2H3. The van der Waals surface area contributed by atoms with Gasteiger partial charge in [0.25, 0.3) is 0 Å². The zero-order valence-electron chi connectivity index (χ0n) is 17.8. The number of hydrogen-bond acceptors (Lipinski definition) is 4. The lowest BCUT2D eigenvalue weighted by molar-refractivity contribution is 0.600. The third-order valence-corrected chi connectivity index (χ3v) is 5.09. The molecule has 0 unspecified atom stereocenters.